The highest BCUT2D eigenvalue weighted by Gasteiger charge is 2.10. The number of aromatic nitrogens is 4. The van der Waals surface area contributed by atoms with Crippen LogP contribution in [0.3, 0.4) is 0 Å². The largest absolute Gasteiger partial charge is 0.493 e. The number of ether oxygens (including phenoxy) is 2. The number of carbonyl (C=O) groups excluding carboxylic acids is 1. The molecule has 0 atom stereocenters. The Morgan fingerprint density at radius 1 is 1.00 bits per heavy atom. The van der Waals surface area contributed by atoms with Crippen LogP contribution in [-0.2, 0) is 13.1 Å². The van der Waals surface area contributed by atoms with Gasteiger partial charge in [-0.25, -0.2) is 4.79 Å². The fraction of sp³-hybridized carbons (Fsp3) is 0.263. The van der Waals surface area contributed by atoms with Gasteiger partial charge in [0.05, 0.1) is 26.5 Å². The van der Waals surface area contributed by atoms with Gasteiger partial charge in [0.1, 0.15) is 0 Å². The van der Waals surface area contributed by atoms with Crippen LogP contribution in [0.2, 0.25) is 0 Å². The third-order valence-electron chi connectivity index (χ3n) is 4.12. The number of benzene rings is 2. The summed E-state index contributed by atoms with van der Waals surface area (Å²) < 4.78 is 12.1. The van der Waals surface area contributed by atoms with Crippen LogP contribution < -0.4 is 20.1 Å². The van der Waals surface area contributed by atoms with Gasteiger partial charge in [-0.1, -0.05) is 23.8 Å². The molecule has 2 amide bonds. The minimum absolute atomic E-state index is 0.193. The lowest BCUT2D eigenvalue weighted by Gasteiger charge is -2.11. The number of methoxy groups -OCH3 is 2. The molecule has 0 spiro atoms. The average molecular weight is 382 g/mol. The number of aryl methyl sites for hydroxylation is 1. The van der Waals surface area contributed by atoms with Gasteiger partial charge in [-0.2, -0.15) is 4.68 Å². The van der Waals surface area contributed by atoms with Gasteiger partial charge >= 0.3 is 6.03 Å². The minimum Gasteiger partial charge on any atom is -0.493 e. The van der Waals surface area contributed by atoms with Crippen molar-refractivity contribution >= 4 is 6.03 Å². The molecule has 3 aromatic rings. The van der Waals surface area contributed by atoms with Crippen LogP contribution in [-0.4, -0.2) is 40.5 Å². The first kappa shape index (κ1) is 19.2. The van der Waals surface area contributed by atoms with E-state index in [-0.39, 0.29) is 12.6 Å². The van der Waals surface area contributed by atoms with Crippen LogP contribution in [0.5, 0.6) is 11.5 Å². The smallest absolute Gasteiger partial charge is 0.315 e. The molecule has 0 aliphatic carbocycles. The molecule has 0 bridgehead atoms. The van der Waals surface area contributed by atoms with Crippen molar-refractivity contribution in [1.82, 2.24) is 30.8 Å². The number of nitrogens with one attached hydrogen (secondary N) is 2. The molecule has 3 rings (SSSR count). The van der Waals surface area contributed by atoms with Crippen LogP contribution >= 0.6 is 0 Å². The van der Waals surface area contributed by atoms with Crippen LogP contribution in [0.1, 0.15) is 17.0 Å². The second-order valence-corrected chi connectivity index (χ2v) is 6.07. The van der Waals surface area contributed by atoms with Gasteiger partial charge in [-0.05, 0) is 47.2 Å². The predicted molar refractivity (Wildman–Crippen MR) is 103 cm³/mol. The molecule has 0 saturated heterocycles. The predicted octanol–water partition coefficient (Wildman–Crippen LogP) is 1.99. The summed E-state index contributed by atoms with van der Waals surface area (Å²) in [5, 5.41) is 17.2. The van der Waals surface area contributed by atoms with Crippen molar-refractivity contribution in [2.45, 2.75) is 20.0 Å². The molecule has 2 aromatic carbocycles. The maximum Gasteiger partial charge on any atom is 0.315 e. The lowest BCUT2D eigenvalue weighted by molar-refractivity contribution is 0.239. The number of urea groups is 1. The van der Waals surface area contributed by atoms with E-state index in [9.17, 15) is 4.79 Å². The van der Waals surface area contributed by atoms with Crippen molar-refractivity contribution in [1.29, 1.82) is 0 Å². The summed E-state index contributed by atoms with van der Waals surface area (Å²) >= 11 is 0. The van der Waals surface area contributed by atoms with E-state index < -0.39 is 0 Å². The first-order chi connectivity index (χ1) is 13.6. The molecular formula is C19H22N6O3. The first-order valence-electron chi connectivity index (χ1n) is 8.67. The number of amides is 2. The number of tetrazole rings is 1. The highest BCUT2D eigenvalue weighted by Crippen LogP contribution is 2.27. The molecule has 146 valence electrons. The van der Waals surface area contributed by atoms with E-state index in [2.05, 4.69) is 26.2 Å². The number of hydrogen-bond acceptors (Lipinski definition) is 6. The van der Waals surface area contributed by atoms with Crippen molar-refractivity contribution in [3.8, 4) is 17.2 Å². The molecule has 1 aromatic heterocycles. The summed E-state index contributed by atoms with van der Waals surface area (Å²) in [6.07, 6.45) is 0. The van der Waals surface area contributed by atoms with Gasteiger partial charge in [-0.3, -0.25) is 0 Å². The second-order valence-electron chi connectivity index (χ2n) is 6.07. The fourth-order valence-corrected chi connectivity index (χ4v) is 2.60. The molecule has 0 aliphatic heterocycles. The maximum atomic E-state index is 12.1. The molecule has 28 heavy (non-hydrogen) atoms. The average Bonchev–Trinajstić information content (AvgIpc) is 3.19. The fourth-order valence-electron chi connectivity index (χ4n) is 2.60. The Morgan fingerprint density at radius 3 is 2.43 bits per heavy atom. The summed E-state index contributed by atoms with van der Waals surface area (Å²) in [6, 6.07) is 12.9. The Labute approximate surface area is 162 Å². The van der Waals surface area contributed by atoms with E-state index in [1.807, 2.05) is 43.3 Å². The molecular weight excluding hydrogens is 360 g/mol. The highest BCUT2D eigenvalue weighted by molar-refractivity contribution is 5.73. The van der Waals surface area contributed by atoms with Gasteiger partial charge in [0, 0.05) is 6.54 Å². The number of hydrogen-bond donors (Lipinski definition) is 2. The summed E-state index contributed by atoms with van der Waals surface area (Å²) in [7, 11) is 3.15. The van der Waals surface area contributed by atoms with E-state index in [4.69, 9.17) is 9.47 Å². The van der Waals surface area contributed by atoms with E-state index >= 15 is 0 Å². The zero-order valence-corrected chi connectivity index (χ0v) is 16.0. The summed E-state index contributed by atoms with van der Waals surface area (Å²) in [5.41, 5.74) is 2.86. The summed E-state index contributed by atoms with van der Waals surface area (Å²) in [4.78, 5) is 12.1. The monoisotopic (exact) mass is 382 g/mol. The Bertz CT molecular complexity index is 939. The van der Waals surface area contributed by atoms with Gasteiger partial charge in [0.25, 0.3) is 0 Å². The zero-order valence-electron chi connectivity index (χ0n) is 16.0. The number of rotatable bonds is 7. The molecule has 0 saturated carbocycles. The third kappa shape index (κ3) is 4.56. The van der Waals surface area contributed by atoms with E-state index in [0.29, 0.717) is 23.9 Å². The van der Waals surface area contributed by atoms with Gasteiger partial charge in [-0.15, -0.1) is 5.10 Å². The van der Waals surface area contributed by atoms with Crippen molar-refractivity contribution in [3.63, 3.8) is 0 Å². The molecule has 0 unspecified atom stereocenters. The van der Waals surface area contributed by atoms with Crippen molar-refractivity contribution in [2.75, 3.05) is 14.2 Å². The summed E-state index contributed by atoms with van der Waals surface area (Å²) in [6.45, 7) is 2.54. The summed E-state index contributed by atoms with van der Waals surface area (Å²) in [5.74, 6) is 1.78. The van der Waals surface area contributed by atoms with Gasteiger partial charge in [0.2, 0.25) is 0 Å². The minimum atomic E-state index is -0.326. The molecule has 9 heteroatoms. The molecule has 0 aliphatic rings. The van der Waals surface area contributed by atoms with E-state index in [0.717, 1.165) is 16.8 Å². The van der Waals surface area contributed by atoms with Crippen LogP contribution in [0, 0.1) is 6.92 Å². The quantitative estimate of drug-likeness (QED) is 0.648. The second kappa shape index (κ2) is 8.85. The Hall–Kier alpha value is -3.62. The van der Waals surface area contributed by atoms with Crippen LogP contribution in [0.25, 0.3) is 5.69 Å². The van der Waals surface area contributed by atoms with Gasteiger partial charge in [0.15, 0.2) is 17.3 Å². The molecule has 0 radical (unpaired) electrons. The lowest BCUT2D eigenvalue weighted by atomic mass is 10.2. The van der Waals surface area contributed by atoms with Gasteiger partial charge < -0.3 is 20.1 Å². The van der Waals surface area contributed by atoms with Crippen LogP contribution in [0.4, 0.5) is 4.79 Å². The lowest BCUT2D eigenvalue weighted by Crippen LogP contribution is -2.35. The normalized spacial score (nSPS) is 10.4. The van der Waals surface area contributed by atoms with E-state index in [1.54, 1.807) is 25.0 Å². The molecule has 9 nitrogen and oxygen atoms in total. The first-order valence-corrected chi connectivity index (χ1v) is 8.67. The van der Waals surface area contributed by atoms with Crippen molar-refractivity contribution in [3.05, 3.63) is 59.4 Å². The highest BCUT2D eigenvalue weighted by atomic mass is 16.5. The maximum absolute atomic E-state index is 12.1. The van der Waals surface area contributed by atoms with Crippen molar-refractivity contribution < 1.29 is 14.3 Å². The van der Waals surface area contributed by atoms with Crippen LogP contribution in [0.15, 0.2) is 42.5 Å². The Kier molecular flexibility index (Phi) is 6.05. The van der Waals surface area contributed by atoms with E-state index in [1.165, 1.54) is 0 Å². The van der Waals surface area contributed by atoms with Crippen molar-refractivity contribution in [2.24, 2.45) is 0 Å². The zero-order chi connectivity index (χ0) is 19.9. The number of carbonyl (C=O) groups is 1. The molecule has 2 N–H and O–H groups in total. The SMILES string of the molecule is COc1ccc(CNC(=O)NCc2nnnn2-c2ccc(C)cc2)cc1OC. The Morgan fingerprint density at radius 2 is 1.71 bits per heavy atom. The standard InChI is InChI=1S/C19H22N6O3/c1-13-4-7-15(8-5-13)25-18(22-23-24-25)12-21-19(26)20-11-14-6-9-16(27-2)17(10-14)28-3/h4-10H,11-12H2,1-3H3,(H2,20,21,26). The third-order valence-corrected chi connectivity index (χ3v) is 4.12. The Balaban J connectivity index is 1.56. The topological polar surface area (TPSA) is 103 Å². The molecule has 0 fully saturated rings. The molecule has 1 heterocycles. The number of nitrogens with zero attached hydrogens (tertiary/aromatic N) is 4.